The Morgan fingerprint density at radius 3 is 2.39 bits per heavy atom. The Balaban J connectivity index is 2.66. The Bertz CT molecular complexity index is 584. The van der Waals surface area contributed by atoms with Gasteiger partial charge in [-0.3, -0.25) is 0 Å². The number of nitrogens with zero attached hydrogens (tertiary/aromatic N) is 1. The van der Waals surface area contributed by atoms with Crippen molar-refractivity contribution in [3.8, 4) is 16.9 Å². The van der Waals surface area contributed by atoms with E-state index in [0.717, 1.165) is 0 Å². The summed E-state index contributed by atoms with van der Waals surface area (Å²) in [6, 6.07) is 8.51. The molecule has 0 radical (unpaired) electrons. The summed E-state index contributed by atoms with van der Waals surface area (Å²) in [6.07, 6.45) is 1.73. The minimum absolute atomic E-state index is 0.0516. The Kier molecular flexibility index (Phi) is 3.10. The highest BCUT2D eigenvalue weighted by atomic mass is 16.4. The third-order valence-electron chi connectivity index (χ3n) is 2.87. The molecule has 1 aromatic heterocycles. The topological polar surface area (TPSA) is 62.5 Å². The van der Waals surface area contributed by atoms with Gasteiger partial charge in [0.05, 0.1) is 0 Å². The summed E-state index contributed by atoms with van der Waals surface area (Å²) in [6.45, 7) is 3.84. The molecule has 0 fully saturated rings. The molecule has 94 valence electrons. The molecular weight excluding hydrogens is 230 g/mol. The summed E-state index contributed by atoms with van der Waals surface area (Å²) in [5.41, 5.74) is 1.27. The standard InChI is InChI=1S/C14H15NO3/c1-9(2)15-8-7-11(13(15)14(17)18)10-5-3-4-6-12(10)16/h3-9,16H,1-2H3,(H,17,18). The molecular formula is C14H15NO3. The smallest absolute Gasteiger partial charge is 0.353 e. The van der Waals surface area contributed by atoms with Crippen LogP contribution < -0.4 is 0 Å². The van der Waals surface area contributed by atoms with Crippen LogP contribution in [-0.4, -0.2) is 20.7 Å². The van der Waals surface area contributed by atoms with Crippen LogP contribution in [0.25, 0.3) is 11.1 Å². The summed E-state index contributed by atoms with van der Waals surface area (Å²) in [7, 11) is 0. The van der Waals surface area contributed by atoms with Gasteiger partial charge in [-0.2, -0.15) is 0 Å². The average molecular weight is 245 g/mol. The van der Waals surface area contributed by atoms with Crippen molar-refractivity contribution in [1.29, 1.82) is 0 Å². The number of carbonyl (C=O) groups is 1. The molecule has 0 saturated carbocycles. The second kappa shape index (κ2) is 4.56. The van der Waals surface area contributed by atoms with E-state index in [2.05, 4.69) is 0 Å². The van der Waals surface area contributed by atoms with Crippen LogP contribution in [0.5, 0.6) is 5.75 Å². The van der Waals surface area contributed by atoms with Gasteiger partial charge in [0.25, 0.3) is 0 Å². The Morgan fingerprint density at radius 2 is 1.83 bits per heavy atom. The molecule has 0 bridgehead atoms. The van der Waals surface area contributed by atoms with Gasteiger partial charge < -0.3 is 14.8 Å². The highest BCUT2D eigenvalue weighted by Gasteiger charge is 2.20. The van der Waals surface area contributed by atoms with Gasteiger partial charge in [-0.15, -0.1) is 0 Å². The summed E-state index contributed by atoms with van der Waals surface area (Å²) >= 11 is 0. The number of phenolic OH excluding ortho intramolecular Hbond substituents is 1. The van der Waals surface area contributed by atoms with E-state index >= 15 is 0 Å². The molecule has 0 spiro atoms. The first-order valence-electron chi connectivity index (χ1n) is 5.75. The third kappa shape index (κ3) is 1.97. The average Bonchev–Trinajstić information content (AvgIpc) is 2.74. The lowest BCUT2D eigenvalue weighted by atomic mass is 10.0. The largest absolute Gasteiger partial charge is 0.507 e. The maximum Gasteiger partial charge on any atom is 0.353 e. The van der Waals surface area contributed by atoms with Gasteiger partial charge in [-0.25, -0.2) is 4.79 Å². The molecule has 0 saturated heterocycles. The Labute approximate surface area is 105 Å². The second-order valence-corrected chi connectivity index (χ2v) is 4.40. The normalized spacial score (nSPS) is 10.8. The van der Waals surface area contributed by atoms with E-state index < -0.39 is 5.97 Å². The maximum absolute atomic E-state index is 11.4. The minimum Gasteiger partial charge on any atom is -0.507 e. The van der Waals surface area contributed by atoms with Crippen molar-refractivity contribution in [2.75, 3.05) is 0 Å². The van der Waals surface area contributed by atoms with Gasteiger partial charge in [0.1, 0.15) is 11.4 Å². The molecule has 0 unspecified atom stereocenters. The van der Waals surface area contributed by atoms with Gasteiger partial charge in [0, 0.05) is 23.4 Å². The van der Waals surface area contributed by atoms with Crippen molar-refractivity contribution in [3.05, 3.63) is 42.2 Å². The molecule has 2 N–H and O–H groups in total. The van der Waals surface area contributed by atoms with Crippen molar-refractivity contribution < 1.29 is 15.0 Å². The number of phenols is 1. The van der Waals surface area contributed by atoms with Crippen LogP contribution in [0.4, 0.5) is 0 Å². The maximum atomic E-state index is 11.4. The number of carboxylic acid groups (broad SMARTS) is 1. The van der Waals surface area contributed by atoms with Crippen molar-refractivity contribution >= 4 is 5.97 Å². The molecule has 4 heteroatoms. The lowest BCUT2D eigenvalue weighted by molar-refractivity contribution is 0.0684. The number of aromatic carboxylic acids is 1. The number of rotatable bonds is 3. The molecule has 0 aliphatic rings. The SMILES string of the molecule is CC(C)n1ccc(-c2ccccc2O)c1C(=O)O. The van der Waals surface area contributed by atoms with Crippen molar-refractivity contribution in [1.82, 2.24) is 4.57 Å². The van der Waals surface area contributed by atoms with E-state index in [4.69, 9.17) is 0 Å². The van der Waals surface area contributed by atoms with Gasteiger partial charge in [-0.05, 0) is 26.0 Å². The summed E-state index contributed by atoms with van der Waals surface area (Å²) in [5.74, 6) is -0.909. The summed E-state index contributed by atoms with van der Waals surface area (Å²) < 4.78 is 1.68. The van der Waals surface area contributed by atoms with Crippen molar-refractivity contribution in [3.63, 3.8) is 0 Å². The van der Waals surface area contributed by atoms with Gasteiger partial charge in [-0.1, -0.05) is 18.2 Å². The zero-order valence-corrected chi connectivity index (χ0v) is 10.3. The number of para-hydroxylation sites is 1. The molecule has 0 amide bonds. The van der Waals surface area contributed by atoms with Gasteiger partial charge >= 0.3 is 5.97 Å². The number of aromatic hydroxyl groups is 1. The van der Waals surface area contributed by atoms with E-state index in [1.165, 1.54) is 0 Å². The fourth-order valence-electron chi connectivity index (χ4n) is 2.02. The first-order valence-corrected chi connectivity index (χ1v) is 5.75. The molecule has 2 aromatic rings. The molecule has 2 rings (SSSR count). The van der Waals surface area contributed by atoms with E-state index in [9.17, 15) is 15.0 Å². The van der Waals surface area contributed by atoms with Crippen LogP contribution in [0, 0.1) is 0 Å². The van der Waals surface area contributed by atoms with Crippen LogP contribution in [0.15, 0.2) is 36.5 Å². The van der Waals surface area contributed by atoms with E-state index in [1.807, 2.05) is 13.8 Å². The first-order chi connectivity index (χ1) is 8.52. The number of benzene rings is 1. The van der Waals surface area contributed by atoms with Crippen LogP contribution in [0.3, 0.4) is 0 Å². The predicted octanol–water partition coefficient (Wildman–Crippen LogP) is 3.14. The lowest BCUT2D eigenvalue weighted by Gasteiger charge is -2.11. The lowest BCUT2D eigenvalue weighted by Crippen LogP contribution is -2.10. The molecule has 0 aliphatic heterocycles. The number of hydrogen-bond acceptors (Lipinski definition) is 2. The number of hydrogen-bond donors (Lipinski definition) is 2. The van der Waals surface area contributed by atoms with Gasteiger partial charge in [0.15, 0.2) is 0 Å². The quantitative estimate of drug-likeness (QED) is 0.873. The molecule has 0 atom stereocenters. The molecule has 1 aromatic carbocycles. The van der Waals surface area contributed by atoms with Crippen LogP contribution >= 0.6 is 0 Å². The molecule has 18 heavy (non-hydrogen) atoms. The summed E-state index contributed by atoms with van der Waals surface area (Å²) in [4.78, 5) is 11.4. The van der Waals surface area contributed by atoms with E-state index in [0.29, 0.717) is 11.1 Å². The zero-order chi connectivity index (χ0) is 13.3. The summed E-state index contributed by atoms with van der Waals surface area (Å²) in [5, 5.41) is 19.1. The fourth-order valence-corrected chi connectivity index (χ4v) is 2.02. The highest BCUT2D eigenvalue weighted by Crippen LogP contribution is 2.33. The van der Waals surface area contributed by atoms with Crippen molar-refractivity contribution in [2.24, 2.45) is 0 Å². The monoisotopic (exact) mass is 245 g/mol. The van der Waals surface area contributed by atoms with Crippen LogP contribution in [0.1, 0.15) is 30.4 Å². The molecule has 0 aliphatic carbocycles. The Hall–Kier alpha value is -2.23. The molecule has 4 nitrogen and oxygen atoms in total. The zero-order valence-electron chi connectivity index (χ0n) is 10.3. The van der Waals surface area contributed by atoms with Crippen LogP contribution in [0.2, 0.25) is 0 Å². The first kappa shape index (κ1) is 12.2. The Morgan fingerprint density at radius 1 is 1.17 bits per heavy atom. The van der Waals surface area contributed by atoms with E-state index in [1.54, 1.807) is 41.1 Å². The van der Waals surface area contributed by atoms with Crippen LogP contribution in [-0.2, 0) is 0 Å². The minimum atomic E-state index is -0.994. The second-order valence-electron chi connectivity index (χ2n) is 4.40. The fraction of sp³-hybridized carbons (Fsp3) is 0.214. The van der Waals surface area contributed by atoms with Gasteiger partial charge in [0.2, 0.25) is 0 Å². The highest BCUT2D eigenvalue weighted by molar-refractivity contribution is 5.95. The van der Waals surface area contributed by atoms with Crippen molar-refractivity contribution in [2.45, 2.75) is 19.9 Å². The van der Waals surface area contributed by atoms with E-state index in [-0.39, 0.29) is 17.5 Å². The number of aromatic nitrogens is 1. The number of carboxylic acids is 1. The molecule has 1 heterocycles. The third-order valence-corrected chi connectivity index (χ3v) is 2.87. The predicted molar refractivity (Wildman–Crippen MR) is 68.9 cm³/mol.